The molecule has 0 amide bonds. The molecule has 1 aromatic heterocycles. The largest absolute Gasteiger partial charge is 0.369 e. The molecule has 1 fully saturated rings. The maximum Gasteiger partial charge on any atom is 0.272 e. The first-order valence-corrected chi connectivity index (χ1v) is 8.05. The van der Waals surface area contributed by atoms with Crippen LogP contribution in [0.2, 0.25) is 10.0 Å². The molecule has 0 radical (unpaired) electrons. The standard InChI is InChI=1S/C15H16Cl2N4O2/c1-19-8-11(7-18-19)4-10-2-3-20(9-10)15-13(16)5-12(21(22)23)6-14(15)17/h5-8,10H,2-4,9H2,1H3. The molecular formula is C15H16Cl2N4O2. The fourth-order valence-electron chi connectivity index (χ4n) is 3.07. The first-order valence-electron chi connectivity index (χ1n) is 7.30. The molecule has 3 rings (SSSR count). The van der Waals surface area contributed by atoms with Crippen LogP contribution >= 0.6 is 23.2 Å². The van der Waals surface area contributed by atoms with E-state index in [0.717, 1.165) is 25.9 Å². The summed E-state index contributed by atoms with van der Waals surface area (Å²) in [5.74, 6) is 0.488. The van der Waals surface area contributed by atoms with E-state index in [4.69, 9.17) is 23.2 Å². The Labute approximate surface area is 143 Å². The minimum absolute atomic E-state index is 0.0881. The fourth-order valence-corrected chi connectivity index (χ4v) is 3.79. The Kier molecular flexibility index (Phi) is 4.46. The summed E-state index contributed by atoms with van der Waals surface area (Å²) in [6.07, 6.45) is 5.88. The van der Waals surface area contributed by atoms with Crippen LogP contribution in [-0.2, 0) is 13.5 Å². The molecule has 8 heteroatoms. The lowest BCUT2D eigenvalue weighted by atomic mass is 10.0. The molecule has 1 aromatic carbocycles. The van der Waals surface area contributed by atoms with Gasteiger partial charge in [0.15, 0.2) is 0 Å². The van der Waals surface area contributed by atoms with Crippen molar-refractivity contribution < 1.29 is 4.92 Å². The predicted octanol–water partition coefficient (Wildman–Crippen LogP) is 3.70. The number of aromatic nitrogens is 2. The van der Waals surface area contributed by atoms with Crippen LogP contribution in [0.25, 0.3) is 0 Å². The zero-order valence-electron chi connectivity index (χ0n) is 12.6. The summed E-state index contributed by atoms with van der Waals surface area (Å²) in [7, 11) is 1.90. The topological polar surface area (TPSA) is 64.2 Å². The summed E-state index contributed by atoms with van der Waals surface area (Å²) in [4.78, 5) is 12.5. The summed E-state index contributed by atoms with van der Waals surface area (Å²) in [6, 6.07) is 2.72. The van der Waals surface area contributed by atoms with E-state index in [9.17, 15) is 10.1 Å². The Hall–Kier alpha value is -1.79. The van der Waals surface area contributed by atoms with Crippen molar-refractivity contribution in [1.82, 2.24) is 9.78 Å². The Morgan fingerprint density at radius 1 is 1.39 bits per heavy atom. The van der Waals surface area contributed by atoms with Crippen LogP contribution in [0, 0.1) is 16.0 Å². The number of rotatable bonds is 4. The van der Waals surface area contributed by atoms with Crippen LogP contribution < -0.4 is 4.90 Å². The number of benzene rings is 1. The highest BCUT2D eigenvalue weighted by molar-refractivity contribution is 6.39. The van der Waals surface area contributed by atoms with Crippen molar-refractivity contribution in [2.75, 3.05) is 18.0 Å². The molecule has 0 N–H and O–H groups in total. The summed E-state index contributed by atoms with van der Waals surface area (Å²) in [6.45, 7) is 1.66. The van der Waals surface area contributed by atoms with E-state index in [1.165, 1.54) is 17.7 Å². The van der Waals surface area contributed by atoms with E-state index in [1.54, 1.807) is 4.68 Å². The maximum atomic E-state index is 10.9. The van der Waals surface area contributed by atoms with Gasteiger partial charge in [0.1, 0.15) is 0 Å². The third-order valence-electron chi connectivity index (χ3n) is 4.10. The fraction of sp³-hybridized carbons (Fsp3) is 0.400. The van der Waals surface area contributed by atoms with Gasteiger partial charge in [0.2, 0.25) is 0 Å². The number of halogens is 2. The van der Waals surface area contributed by atoms with Crippen molar-refractivity contribution in [3.63, 3.8) is 0 Å². The molecule has 0 saturated carbocycles. The average molecular weight is 355 g/mol. The Balaban J connectivity index is 1.75. The third-order valence-corrected chi connectivity index (χ3v) is 4.67. The second-order valence-corrected chi connectivity index (χ2v) is 6.66. The molecule has 1 aliphatic rings. The lowest BCUT2D eigenvalue weighted by Crippen LogP contribution is -2.21. The monoisotopic (exact) mass is 354 g/mol. The van der Waals surface area contributed by atoms with E-state index in [0.29, 0.717) is 21.7 Å². The number of anilines is 1. The summed E-state index contributed by atoms with van der Waals surface area (Å²) in [5, 5.41) is 15.7. The molecule has 2 heterocycles. The Morgan fingerprint density at radius 3 is 2.65 bits per heavy atom. The molecule has 23 heavy (non-hydrogen) atoms. The average Bonchev–Trinajstić information content (AvgIpc) is 3.08. The SMILES string of the molecule is Cn1cc(CC2CCN(c3c(Cl)cc([N+](=O)[O-])cc3Cl)C2)cn1. The molecule has 1 saturated heterocycles. The maximum absolute atomic E-state index is 10.9. The first kappa shape index (κ1) is 16.1. The zero-order chi connectivity index (χ0) is 16.6. The van der Waals surface area contributed by atoms with E-state index in [-0.39, 0.29) is 5.69 Å². The number of nitrogens with zero attached hydrogens (tertiary/aromatic N) is 4. The Bertz CT molecular complexity index is 724. The van der Waals surface area contributed by atoms with Gasteiger partial charge in [-0.25, -0.2) is 0 Å². The summed E-state index contributed by atoms with van der Waals surface area (Å²) < 4.78 is 1.80. The van der Waals surface area contributed by atoms with Crippen LogP contribution in [0.3, 0.4) is 0 Å². The predicted molar refractivity (Wildman–Crippen MR) is 90.3 cm³/mol. The van der Waals surface area contributed by atoms with Gasteiger partial charge in [-0.05, 0) is 24.3 Å². The molecule has 0 spiro atoms. The summed E-state index contributed by atoms with van der Waals surface area (Å²) in [5.41, 5.74) is 1.81. The van der Waals surface area contributed by atoms with Crippen molar-refractivity contribution in [3.8, 4) is 0 Å². The van der Waals surface area contributed by atoms with Gasteiger partial charge in [0.25, 0.3) is 5.69 Å². The van der Waals surface area contributed by atoms with Crippen LogP contribution in [0.15, 0.2) is 24.5 Å². The number of nitro groups is 1. The van der Waals surface area contributed by atoms with Crippen LogP contribution in [0.4, 0.5) is 11.4 Å². The van der Waals surface area contributed by atoms with Crippen molar-refractivity contribution in [2.45, 2.75) is 12.8 Å². The highest BCUT2D eigenvalue weighted by Gasteiger charge is 2.27. The normalized spacial score (nSPS) is 17.7. The van der Waals surface area contributed by atoms with Crippen molar-refractivity contribution in [2.24, 2.45) is 13.0 Å². The van der Waals surface area contributed by atoms with Gasteiger partial charge in [-0.15, -0.1) is 0 Å². The molecule has 0 bridgehead atoms. The van der Waals surface area contributed by atoms with E-state index >= 15 is 0 Å². The van der Waals surface area contributed by atoms with Gasteiger partial charge in [-0.1, -0.05) is 23.2 Å². The quantitative estimate of drug-likeness (QED) is 0.620. The van der Waals surface area contributed by atoms with Crippen LogP contribution in [0.1, 0.15) is 12.0 Å². The van der Waals surface area contributed by atoms with Crippen LogP contribution in [-0.4, -0.2) is 27.8 Å². The molecule has 1 atom stereocenters. The van der Waals surface area contributed by atoms with Crippen LogP contribution in [0.5, 0.6) is 0 Å². The van der Waals surface area contributed by atoms with Gasteiger partial charge in [-0.2, -0.15) is 5.10 Å². The van der Waals surface area contributed by atoms with Gasteiger partial charge in [0, 0.05) is 38.5 Å². The van der Waals surface area contributed by atoms with E-state index in [1.807, 2.05) is 19.4 Å². The van der Waals surface area contributed by atoms with Gasteiger partial charge >= 0.3 is 0 Å². The Morgan fingerprint density at radius 2 is 2.09 bits per heavy atom. The van der Waals surface area contributed by atoms with E-state index in [2.05, 4.69) is 10.00 Å². The molecule has 2 aromatic rings. The molecule has 0 aliphatic carbocycles. The van der Waals surface area contributed by atoms with Crippen molar-refractivity contribution >= 4 is 34.6 Å². The lowest BCUT2D eigenvalue weighted by molar-refractivity contribution is -0.384. The molecule has 1 aliphatic heterocycles. The second kappa shape index (κ2) is 6.37. The molecule has 122 valence electrons. The third kappa shape index (κ3) is 3.43. The lowest BCUT2D eigenvalue weighted by Gasteiger charge is -2.21. The minimum atomic E-state index is -0.489. The summed E-state index contributed by atoms with van der Waals surface area (Å²) >= 11 is 12.5. The van der Waals surface area contributed by atoms with Gasteiger partial charge < -0.3 is 4.90 Å². The highest BCUT2D eigenvalue weighted by atomic mass is 35.5. The molecular weight excluding hydrogens is 339 g/mol. The van der Waals surface area contributed by atoms with Crippen molar-refractivity contribution in [3.05, 3.63) is 50.2 Å². The van der Waals surface area contributed by atoms with E-state index < -0.39 is 4.92 Å². The number of non-ortho nitro benzene ring substituents is 1. The number of hydrogen-bond acceptors (Lipinski definition) is 4. The van der Waals surface area contributed by atoms with Gasteiger partial charge in [0.05, 0.1) is 26.9 Å². The second-order valence-electron chi connectivity index (χ2n) is 5.84. The smallest absolute Gasteiger partial charge is 0.272 e. The minimum Gasteiger partial charge on any atom is -0.369 e. The zero-order valence-corrected chi connectivity index (χ0v) is 14.1. The molecule has 1 unspecified atom stereocenters. The van der Waals surface area contributed by atoms with Crippen molar-refractivity contribution in [1.29, 1.82) is 0 Å². The number of hydrogen-bond donors (Lipinski definition) is 0. The highest BCUT2D eigenvalue weighted by Crippen LogP contribution is 2.39. The number of nitro benzene ring substituents is 1. The van der Waals surface area contributed by atoms with Gasteiger partial charge in [-0.3, -0.25) is 14.8 Å². The molecule has 6 nitrogen and oxygen atoms in total. The number of aryl methyl sites for hydroxylation is 1. The first-order chi connectivity index (χ1) is 10.9.